The van der Waals surface area contributed by atoms with Crippen molar-refractivity contribution in [2.24, 2.45) is 0 Å². The molecule has 0 aliphatic carbocycles. The second-order valence-electron chi connectivity index (χ2n) is 6.95. The van der Waals surface area contributed by atoms with E-state index in [1.54, 1.807) is 14.2 Å². The molecule has 8 heteroatoms. The number of halogens is 1. The first kappa shape index (κ1) is 24.1. The monoisotopic (exact) mass is 465 g/mol. The molecule has 0 bridgehead atoms. The quantitative estimate of drug-likeness (QED) is 0.216. The molecule has 1 atom stereocenters. The van der Waals surface area contributed by atoms with E-state index in [-0.39, 0.29) is 11.4 Å². The summed E-state index contributed by atoms with van der Waals surface area (Å²) in [7, 11) is 4.54. The van der Waals surface area contributed by atoms with Crippen LogP contribution in [0.4, 0.5) is 0 Å². The summed E-state index contributed by atoms with van der Waals surface area (Å²) in [6.07, 6.45) is 2.88. The van der Waals surface area contributed by atoms with E-state index in [0.29, 0.717) is 13.1 Å². The average molecular weight is 466 g/mol. The van der Waals surface area contributed by atoms with Gasteiger partial charge < -0.3 is 14.2 Å². The zero-order valence-corrected chi connectivity index (χ0v) is 19.4. The van der Waals surface area contributed by atoms with Gasteiger partial charge in [0.25, 0.3) is 0 Å². The van der Waals surface area contributed by atoms with Gasteiger partial charge in [-0.25, -0.2) is 14.8 Å². The Morgan fingerprint density at radius 3 is 1.91 bits per heavy atom. The minimum Gasteiger partial charge on any atom is -0.497 e. The predicted octanol–water partition coefficient (Wildman–Crippen LogP) is 3.90. The van der Waals surface area contributed by atoms with Gasteiger partial charge in [-0.05, 0) is 41.3 Å². The van der Waals surface area contributed by atoms with E-state index in [1.807, 2.05) is 53.4 Å². The molecule has 3 aromatic rings. The highest BCUT2D eigenvalue weighted by atomic mass is 35.5. The number of carbonyl (C=O) groups is 1. The summed E-state index contributed by atoms with van der Waals surface area (Å²) in [5.41, 5.74) is 1.69. The number of esters is 1. The SMILES string of the molecule is COC(=O)c1nccnc1C#CC(Cl)N(Cc1ccc(OC)cc1)Cc1ccc(OC)cc1. The van der Waals surface area contributed by atoms with Crippen LogP contribution >= 0.6 is 11.6 Å². The van der Waals surface area contributed by atoms with Crippen molar-refractivity contribution in [2.75, 3.05) is 21.3 Å². The maximum atomic E-state index is 11.9. The summed E-state index contributed by atoms with van der Waals surface area (Å²) in [5.74, 6) is 6.82. The molecule has 1 heterocycles. The third kappa shape index (κ3) is 6.69. The Kier molecular flexibility index (Phi) is 8.64. The molecule has 0 fully saturated rings. The zero-order valence-electron chi connectivity index (χ0n) is 18.6. The van der Waals surface area contributed by atoms with Crippen LogP contribution in [0.3, 0.4) is 0 Å². The molecule has 0 spiro atoms. The number of carbonyl (C=O) groups excluding carboxylic acids is 1. The second kappa shape index (κ2) is 11.9. The van der Waals surface area contributed by atoms with Crippen molar-refractivity contribution >= 4 is 17.6 Å². The highest BCUT2D eigenvalue weighted by molar-refractivity contribution is 6.22. The van der Waals surface area contributed by atoms with Crippen molar-refractivity contribution in [3.8, 4) is 23.3 Å². The first-order valence-corrected chi connectivity index (χ1v) is 10.5. The first-order valence-electron chi connectivity index (χ1n) is 10.1. The van der Waals surface area contributed by atoms with Gasteiger partial charge in [0.05, 0.1) is 21.3 Å². The fourth-order valence-corrected chi connectivity index (χ4v) is 3.23. The number of nitrogens with zero attached hydrogens (tertiary/aromatic N) is 3. The van der Waals surface area contributed by atoms with Crippen LogP contribution in [0.15, 0.2) is 60.9 Å². The molecular formula is C25H24ClN3O4. The Balaban J connectivity index is 1.86. The lowest BCUT2D eigenvalue weighted by atomic mass is 10.1. The number of rotatable bonds is 8. The smallest absolute Gasteiger partial charge is 0.359 e. The van der Waals surface area contributed by atoms with Crippen LogP contribution in [0, 0.1) is 11.8 Å². The predicted molar refractivity (Wildman–Crippen MR) is 125 cm³/mol. The molecule has 1 aromatic heterocycles. The summed E-state index contributed by atoms with van der Waals surface area (Å²) in [4.78, 5) is 22.1. The van der Waals surface area contributed by atoms with Gasteiger partial charge in [0, 0.05) is 25.5 Å². The number of methoxy groups -OCH3 is 3. The molecule has 0 saturated heterocycles. The minimum atomic E-state index is -0.665. The maximum Gasteiger partial charge on any atom is 0.359 e. The van der Waals surface area contributed by atoms with Crippen molar-refractivity contribution in [3.63, 3.8) is 0 Å². The van der Waals surface area contributed by atoms with Gasteiger partial charge in [-0.2, -0.15) is 0 Å². The van der Waals surface area contributed by atoms with Crippen molar-refractivity contribution < 1.29 is 19.0 Å². The summed E-state index contributed by atoms with van der Waals surface area (Å²) >= 11 is 6.72. The van der Waals surface area contributed by atoms with Crippen LogP contribution in [-0.4, -0.2) is 47.7 Å². The number of ether oxygens (including phenoxy) is 3. The molecule has 33 heavy (non-hydrogen) atoms. The third-order valence-electron chi connectivity index (χ3n) is 4.80. The van der Waals surface area contributed by atoms with E-state index >= 15 is 0 Å². The Morgan fingerprint density at radius 2 is 1.42 bits per heavy atom. The third-order valence-corrected chi connectivity index (χ3v) is 5.18. The highest BCUT2D eigenvalue weighted by Gasteiger charge is 2.17. The topological polar surface area (TPSA) is 73.8 Å². The van der Waals surface area contributed by atoms with Gasteiger partial charge in [-0.3, -0.25) is 4.90 Å². The number of aromatic nitrogens is 2. The fourth-order valence-electron chi connectivity index (χ4n) is 3.04. The Bertz CT molecular complexity index is 1080. The molecule has 1 unspecified atom stereocenters. The average Bonchev–Trinajstić information content (AvgIpc) is 2.87. The first-order chi connectivity index (χ1) is 16.0. The largest absolute Gasteiger partial charge is 0.497 e. The van der Waals surface area contributed by atoms with E-state index in [4.69, 9.17) is 25.8 Å². The van der Waals surface area contributed by atoms with Crippen LogP contribution in [0.2, 0.25) is 0 Å². The van der Waals surface area contributed by atoms with Crippen LogP contribution in [0.25, 0.3) is 0 Å². The maximum absolute atomic E-state index is 11.9. The summed E-state index contributed by atoms with van der Waals surface area (Å²) < 4.78 is 15.2. The normalized spacial score (nSPS) is 11.3. The zero-order chi connectivity index (χ0) is 23.6. The summed E-state index contributed by atoms with van der Waals surface area (Å²) in [6, 6.07) is 15.5. The van der Waals surface area contributed by atoms with E-state index in [1.165, 1.54) is 19.5 Å². The van der Waals surface area contributed by atoms with Crippen molar-refractivity contribution in [1.82, 2.24) is 14.9 Å². The molecule has 0 radical (unpaired) electrons. The van der Waals surface area contributed by atoms with Gasteiger partial charge in [-0.1, -0.05) is 41.8 Å². The van der Waals surface area contributed by atoms with E-state index in [2.05, 4.69) is 21.8 Å². The molecule has 3 rings (SSSR count). The Morgan fingerprint density at radius 1 is 0.909 bits per heavy atom. The van der Waals surface area contributed by atoms with Gasteiger partial charge in [-0.15, -0.1) is 0 Å². The Labute approximate surface area is 198 Å². The molecule has 0 saturated carbocycles. The minimum absolute atomic E-state index is 0.0493. The fraction of sp³-hybridized carbons (Fsp3) is 0.240. The number of alkyl halides is 1. The molecular weight excluding hydrogens is 442 g/mol. The number of benzene rings is 2. The lowest BCUT2D eigenvalue weighted by Gasteiger charge is -2.24. The summed E-state index contributed by atoms with van der Waals surface area (Å²) in [5, 5.41) is 0. The lowest BCUT2D eigenvalue weighted by molar-refractivity contribution is 0.0593. The molecule has 170 valence electrons. The van der Waals surface area contributed by atoms with Crippen LogP contribution in [0.5, 0.6) is 11.5 Å². The van der Waals surface area contributed by atoms with E-state index in [0.717, 1.165) is 22.6 Å². The van der Waals surface area contributed by atoms with Gasteiger partial charge >= 0.3 is 5.97 Å². The molecule has 0 aliphatic rings. The van der Waals surface area contributed by atoms with Crippen molar-refractivity contribution in [1.29, 1.82) is 0 Å². The van der Waals surface area contributed by atoms with Gasteiger partial charge in [0.1, 0.15) is 22.7 Å². The lowest BCUT2D eigenvalue weighted by Crippen LogP contribution is -2.29. The van der Waals surface area contributed by atoms with Gasteiger partial charge in [0.2, 0.25) is 0 Å². The number of hydrogen-bond donors (Lipinski definition) is 0. The second-order valence-corrected chi connectivity index (χ2v) is 7.36. The summed E-state index contributed by atoms with van der Waals surface area (Å²) in [6.45, 7) is 1.09. The van der Waals surface area contributed by atoms with Crippen LogP contribution in [-0.2, 0) is 17.8 Å². The van der Waals surface area contributed by atoms with Crippen molar-refractivity contribution in [2.45, 2.75) is 18.6 Å². The Hall–Kier alpha value is -3.60. The number of hydrogen-bond acceptors (Lipinski definition) is 7. The molecule has 0 N–H and O–H groups in total. The van der Waals surface area contributed by atoms with E-state index < -0.39 is 11.5 Å². The van der Waals surface area contributed by atoms with E-state index in [9.17, 15) is 4.79 Å². The van der Waals surface area contributed by atoms with Crippen LogP contribution < -0.4 is 9.47 Å². The van der Waals surface area contributed by atoms with Crippen molar-refractivity contribution in [3.05, 3.63) is 83.4 Å². The highest BCUT2D eigenvalue weighted by Crippen LogP contribution is 2.20. The standard InChI is InChI=1S/C25H24ClN3O4/c1-31-20-8-4-18(5-9-20)16-29(17-19-6-10-21(32-2)11-7-19)23(26)13-12-22-24(25(30)33-3)28-15-14-27-22/h4-11,14-15,23H,16-17H2,1-3H3. The molecule has 0 amide bonds. The van der Waals surface area contributed by atoms with Gasteiger partial charge in [0.15, 0.2) is 5.69 Å². The van der Waals surface area contributed by atoms with Crippen LogP contribution in [0.1, 0.15) is 27.3 Å². The molecule has 2 aromatic carbocycles. The molecule has 0 aliphatic heterocycles. The molecule has 7 nitrogen and oxygen atoms in total.